The molecule has 1 N–H and O–H groups in total. The van der Waals surface area contributed by atoms with E-state index in [0.717, 1.165) is 11.4 Å². The van der Waals surface area contributed by atoms with Gasteiger partial charge >= 0.3 is 0 Å². The monoisotopic (exact) mass is 271 g/mol. The second-order valence-corrected chi connectivity index (χ2v) is 5.53. The number of amides is 1. The minimum absolute atomic E-state index is 0.0416. The van der Waals surface area contributed by atoms with Crippen LogP contribution in [-0.4, -0.2) is 5.91 Å². The summed E-state index contributed by atoms with van der Waals surface area (Å²) >= 11 is 1.79. The predicted molar refractivity (Wildman–Crippen MR) is 81.5 cm³/mol. The summed E-state index contributed by atoms with van der Waals surface area (Å²) < 4.78 is 0. The Morgan fingerprint density at radius 1 is 1.05 bits per heavy atom. The van der Waals surface area contributed by atoms with Gasteiger partial charge in [-0.05, 0) is 36.8 Å². The second kappa shape index (κ2) is 6.43. The van der Waals surface area contributed by atoms with E-state index in [2.05, 4.69) is 36.5 Å². The van der Waals surface area contributed by atoms with Crippen molar-refractivity contribution in [2.75, 3.05) is 5.32 Å². The smallest absolute Gasteiger partial charge is 0.221 e. The van der Waals surface area contributed by atoms with Crippen molar-refractivity contribution < 1.29 is 4.79 Å². The van der Waals surface area contributed by atoms with Crippen molar-refractivity contribution in [2.45, 2.75) is 24.5 Å². The molecule has 1 amide bonds. The van der Waals surface area contributed by atoms with Crippen LogP contribution >= 0.6 is 11.8 Å². The largest absolute Gasteiger partial charge is 0.326 e. The van der Waals surface area contributed by atoms with E-state index >= 15 is 0 Å². The zero-order chi connectivity index (χ0) is 13.7. The number of aryl methyl sites for hydroxylation is 1. The number of carbonyl (C=O) groups is 1. The van der Waals surface area contributed by atoms with Crippen LogP contribution in [0.3, 0.4) is 0 Å². The zero-order valence-electron chi connectivity index (χ0n) is 11.1. The first-order valence-electron chi connectivity index (χ1n) is 6.19. The van der Waals surface area contributed by atoms with Gasteiger partial charge in [-0.3, -0.25) is 4.79 Å². The van der Waals surface area contributed by atoms with Crippen molar-refractivity contribution in [3.63, 3.8) is 0 Å². The average Bonchev–Trinajstić information content (AvgIpc) is 2.39. The average molecular weight is 271 g/mol. The molecule has 19 heavy (non-hydrogen) atoms. The summed E-state index contributed by atoms with van der Waals surface area (Å²) in [6.07, 6.45) is 0. The first-order chi connectivity index (χ1) is 9.13. The van der Waals surface area contributed by atoms with Crippen LogP contribution in [0.5, 0.6) is 0 Å². The molecular weight excluding hydrogens is 254 g/mol. The summed E-state index contributed by atoms with van der Waals surface area (Å²) in [5.74, 6) is 0.916. The summed E-state index contributed by atoms with van der Waals surface area (Å²) in [5.41, 5.74) is 3.45. The molecule has 0 saturated heterocycles. The molecular formula is C16H17NOS. The molecule has 0 aliphatic carbocycles. The number of carbonyl (C=O) groups excluding carboxylic acids is 1. The quantitative estimate of drug-likeness (QED) is 0.842. The third-order valence-electron chi connectivity index (χ3n) is 2.70. The van der Waals surface area contributed by atoms with Crippen molar-refractivity contribution in [3.8, 4) is 0 Å². The van der Waals surface area contributed by atoms with E-state index in [1.807, 2.05) is 24.3 Å². The van der Waals surface area contributed by atoms with E-state index in [1.165, 1.54) is 22.9 Å². The van der Waals surface area contributed by atoms with E-state index in [1.54, 1.807) is 11.8 Å². The number of hydrogen-bond donors (Lipinski definition) is 1. The highest BCUT2D eigenvalue weighted by atomic mass is 32.2. The van der Waals surface area contributed by atoms with Crippen LogP contribution in [-0.2, 0) is 10.5 Å². The molecule has 0 aliphatic heterocycles. The van der Waals surface area contributed by atoms with Crippen molar-refractivity contribution in [1.29, 1.82) is 0 Å². The lowest BCUT2D eigenvalue weighted by atomic mass is 10.2. The Labute approximate surface area is 118 Å². The van der Waals surface area contributed by atoms with Crippen LogP contribution in [0.25, 0.3) is 0 Å². The molecule has 2 rings (SSSR count). The normalized spacial score (nSPS) is 10.2. The minimum Gasteiger partial charge on any atom is -0.326 e. The molecule has 0 saturated carbocycles. The fraction of sp³-hybridized carbons (Fsp3) is 0.188. The molecule has 0 spiro atoms. The molecule has 2 nitrogen and oxygen atoms in total. The second-order valence-electron chi connectivity index (χ2n) is 4.48. The van der Waals surface area contributed by atoms with E-state index < -0.39 is 0 Å². The fourth-order valence-corrected chi connectivity index (χ4v) is 2.54. The molecule has 0 aliphatic rings. The molecule has 0 heterocycles. The molecule has 0 bridgehead atoms. The molecule has 0 fully saturated rings. The maximum absolute atomic E-state index is 10.9. The number of nitrogens with one attached hydrogen (secondary N) is 1. The Morgan fingerprint density at radius 3 is 2.26 bits per heavy atom. The maximum atomic E-state index is 10.9. The van der Waals surface area contributed by atoms with Gasteiger partial charge in [0.2, 0.25) is 5.91 Å². The number of rotatable bonds is 4. The van der Waals surface area contributed by atoms with Crippen LogP contribution in [0.15, 0.2) is 53.4 Å². The van der Waals surface area contributed by atoms with E-state index in [9.17, 15) is 4.79 Å². The molecule has 3 heteroatoms. The maximum Gasteiger partial charge on any atom is 0.221 e. The van der Waals surface area contributed by atoms with Crippen LogP contribution in [0, 0.1) is 6.92 Å². The van der Waals surface area contributed by atoms with Crippen molar-refractivity contribution in [3.05, 3.63) is 59.7 Å². The highest BCUT2D eigenvalue weighted by molar-refractivity contribution is 7.98. The van der Waals surface area contributed by atoms with Gasteiger partial charge in [0.1, 0.15) is 0 Å². The van der Waals surface area contributed by atoms with Gasteiger partial charge in [0.05, 0.1) is 0 Å². The molecule has 2 aromatic carbocycles. The lowest BCUT2D eigenvalue weighted by Crippen LogP contribution is -2.05. The lowest BCUT2D eigenvalue weighted by Gasteiger charge is -2.05. The van der Waals surface area contributed by atoms with Gasteiger partial charge in [-0.15, -0.1) is 11.8 Å². The van der Waals surface area contributed by atoms with Crippen LogP contribution < -0.4 is 5.32 Å². The van der Waals surface area contributed by atoms with Gasteiger partial charge in [-0.1, -0.05) is 29.8 Å². The van der Waals surface area contributed by atoms with Gasteiger partial charge in [0, 0.05) is 23.3 Å². The molecule has 0 aromatic heterocycles. The SMILES string of the molecule is CC(=O)Nc1ccc(SCc2ccc(C)cc2)cc1. The van der Waals surface area contributed by atoms with E-state index in [-0.39, 0.29) is 5.91 Å². The molecule has 2 aromatic rings. The summed E-state index contributed by atoms with van der Waals surface area (Å²) in [5, 5.41) is 2.76. The molecule has 0 atom stereocenters. The van der Waals surface area contributed by atoms with E-state index in [0.29, 0.717) is 0 Å². The first kappa shape index (κ1) is 13.7. The van der Waals surface area contributed by atoms with Crippen molar-refractivity contribution in [1.82, 2.24) is 0 Å². The Morgan fingerprint density at radius 2 is 1.68 bits per heavy atom. The van der Waals surface area contributed by atoms with Crippen LogP contribution in [0.1, 0.15) is 18.1 Å². The highest BCUT2D eigenvalue weighted by Gasteiger charge is 1.98. The Balaban J connectivity index is 1.92. The Hall–Kier alpha value is -1.74. The minimum atomic E-state index is -0.0416. The predicted octanol–water partition coefficient (Wildman–Crippen LogP) is 4.25. The van der Waals surface area contributed by atoms with Crippen molar-refractivity contribution in [2.24, 2.45) is 0 Å². The third kappa shape index (κ3) is 4.45. The summed E-state index contributed by atoms with van der Waals surface area (Å²) in [7, 11) is 0. The zero-order valence-corrected chi connectivity index (χ0v) is 12.0. The Bertz CT molecular complexity index is 546. The molecule has 0 radical (unpaired) electrons. The third-order valence-corrected chi connectivity index (χ3v) is 3.78. The number of thioether (sulfide) groups is 1. The highest BCUT2D eigenvalue weighted by Crippen LogP contribution is 2.24. The van der Waals surface area contributed by atoms with Gasteiger partial charge in [-0.25, -0.2) is 0 Å². The first-order valence-corrected chi connectivity index (χ1v) is 7.18. The van der Waals surface area contributed by atoms with Gasteiger partial charge < -0.3 is 5.32 Å². The van der Waals surface area contributed by atoms with E-state index in [4.69, 9.17) is 0 Å². The molecule has 98 valence electrons. The van der Waals surface area contributed by atoms with Crippen molar-refractivity contribution >= 4 is 23.4 Å². The van der Waals surface area contributed by atoms with Gasteiger partial charge in [-0.2, -0.15) is 0 Å². The van der Waals surface area contributed by atoms with Gasteiger partial charge in [0.25, 0.3) is 0 Å². The Kier molecular flexibility index (Phi) is 4.63. The molecule has 0 unspecified atom stereocenters. The van der Waals surface area contributed by atoms with Crippen LogP contribution in [0.2, 0.25) is 0 Å². The van der Waals surface area contributed by atoms with Gasteiger partial charge in [0.15, 0.2) is 0 Å². The summed E-state index contributed by atoms with van der Waals surface area (Å²) in [6, 6.07) is 16.5. The standard InChI is InChI=1S/C16H17NOS/c1-12-3-5-14(6-4-12)11-19-16-9-7-15(8-10-16)17-13(2)18/h3-10H,11H2,1-2H3,(H,17,18). The lowest BCUT2D eigenvalue weighted by molar-refractivity contribution is -0.114. The summed E-state index contributed by atoms with van der Waals surface area (Å²) in [4.78, 5) is 12.1. The summed E-state index contributed by atoms with van der Waals surface area (Å²) in [6.45, 7) is 3.61. The number of hydrogen-bond acceptors (Lipinski definition) is 2. The number of anilines is 1. The van der Waals surface area contributed by atoms with Crippen LogP contribution in [0.4, 0.5) is 5.69 Å². The number of benzene rings is 2. The fourth-order valence-electron chi connectivity index (χ4n) is 1.69. The topological polar surface area (TPSA) is 29.1 Å².